The van der Waals surface area contributed by atoms with Crippen LogP contribution in [0.3, 0.4) is 0 Å². The molecule has 4 rings (SSSR count). The molecule has 3 aromatic rings. The fraction of sp³-hybridized carbons (Fsp3) is 0.238. The van der Waals surface area contributed by atoms with E-state index in [-0.39, 0.29) is 11.7 Å². The highest BCUT2D eigenvalue weighted by Crippen LogP contribution is 2.29. The van der Waals surface area contributed by atoms with Crippen molar-refractivity contribution in [3.8, 4) is 17.0 Å². The molecule has 1 aliphatic heterocycles. The molecule has 144 valence electrons. The molecule has 1 fully saturated rings. The van der Waals surface area contributed by atoms with Gasteiger partial charge >= 0.3 is 0 Å². The number of methoxy groups -OCH3 is 1. The number of halogens is 1. The minimum absolute atomic E-state index is 0.0279. The second-order valence-corrected chi connectivity index (χ2v) is 7.34. The Morgan fingerprint density at radius 3 is 2.61 bits per heavy atom. The van der Waals surface area contributed by atoms with Crippen LogP contribution in [-0.2, 0) is 0 Å². The molecule has 28 heavy (non-hydrogen) atoms. The van der Waals surface area contributed by atoms with Crippen LogP contribution in [0.25, 0.3) is 11.3 Å². The van der Waals surface area contributed by atoms with Gasteiger partial charge in [-0.2, -0.15) is 4.37 Å². The van der Waals surface area contributed by atoms with Gasteiger partial charge in [-0.15, -0.1) is 0 Å². The topological polar surface area (TPSA) is 45.7 Å². The molecule has 0 spiro atoms. The van der Waals surface area contributed by atoms with E-state index in [0.29, 0.717) is 29.2 Å². The van der Waals surface area contributed by atoms with E-state index in [1.807, 2.05) is 29.2 Å². The summed E-state index contributed by atoms with van der Waals surface area (Å²) in [5.41, 5.74) is 2.35. The van der Waals surface area contributed by atoms with E-state index in [0.717, 1.165) is 36.1 Å². The van der Waals surface area contributed by atoms with Crippen LogP contribution in [0.2, 0.25) is 0 Å². The van der Waals surface area contributed by atoms with Gasteiger partial charge in [0.15, 0.2) is 0 Å². The Morgan fingerprint density at radius 2 is 1.86 bits per heavy atom. The fourth-order valence-corrected chi connectivity index (χ4v) is 4.08. The minimum Gasteiger partial charge on any atom is -0.495 e. The number of carbonyl (C=O) groups is 1. The third-order valence-corrected chi connectivity index (χ3v) is 5.61. The Balaban J connectivity index is 1.43. The summed E-state index contributed by atoms with van der Waals surface area (Å²) in [4.78, 5) is 17.5. The maximum atomic E-state index is 13.4. The molecular formula is C21H20FN3O2S. The summed E-state index contributed by atoms with van der Waals surface area (Å²) in [6, 6.07) is 15.9. The average molecular weight is 397 g/mol. The van der Waals surface area contributed by atoms with Crippen molar-refractivity contribution in [2.24, 2.45) is 0 Å². The van der Waals surface area contributed by atoms with E-state index in [4.69, 9.17) is 4.74 Å². The van der Waals surface area contributed by atoms with E-state index in [2.05, 4.69) is 9.27 Å². The van der Waals surface area contributed by atoms with Gasteiger partial charge in [-0.25, -0.2) is 4.39 Å². The van der Waals surface area contributed by atoms with Crippen molar-refractivity contribution in [2.75, 3.05) is 38.2 Å². The van der Waals surface area contributed by atoms with Gasteiger partial charge in [0.05, 0.1) is 18.5 Å². The fourth-order valence-electron chi connectivity index (χ4n) is 3.36. The lowest BCUT2D eigenvalue weighted by molar-refractivity contribution is 0.0751. The Hall–Kier alpha value is -2.93. The normalized spacial score (nSPS) is 14.2. The van der Waals surface area contributed by atoms with E-state index < -0.39 is 0 Å². The second kappa shape index (κ2) is 7.98. The van der Waals surface area contributed by atoms with Gasteiger partial charge < -0.3 is 14.5 Å². The number of piperazine rings is 1. The standard InChI is InChI=1S/C21H20FN3O2S/c1-27-19-8-3-2-7-18(19)24-9-11-25(12-10-24)21(26)20-14-17(23-28-20)15-5-4-6-16(22)13-15/h2-8,13-14H,9-12H2,1H3. The minimum atomic E-state index is -0.314. The summed E-state index contributed by atoms with van der Waals surface area (Å²) in [5, 5.41) is 0. The molecule has 0 unspecified atom stereocenters. The molecular weight excluding hydrogens is 377 g/mol. The van der Waals surface area contributed by atoms with Crippen molar-refractivity contribution >= 4 is 23.1 Å². The number of hydrogen-bond acceptors (Lipinski definition) is 5. The number of carbonyl (C=O) groups excluding carboxylic acids is 1. The van der Waals surface area contributed by atoms with Crippen molar-refractivity contribution in [1.29, 1.82) is 0 Å². The van der Waals surface area contributed by atoms with Gasteiger partial charge in [-0.1, -0.05) is 24.3 Å². The van der Waals surface area contributed by atoms with Crippen LogP contribution in [0.15, 0.2) is 54.6 Å². The highest BCUT2D eigenvalue weighted by atomic mass is 32.1. The van der Waals surface area contributed by atoms with Crippen LogP contribution in [0.4, 0.5) is 10.1 Å². The number of nitrogens with zero attached hydrogens (tertiary/aromatic N) is 3. The van der Waals surface area contributed by atoms with Crippen LogP contribution >= 0.6 is 11.5 Å². The van der Waals surface area contributed by atoms with E-state index >= 15 is 0 Å². The quantitative estimate of drug-likeness (QED) is 0.669. The van der Waals surface area contributed by atoms with Crippen LogP contribution in [0.1, 0.15) is 9.67 Å². The van der Waals surface area contributed by atoms with Gasteiger partial charge in [-0.05, 0) is 41.9 Å². The average Bonchev–Trinajstić information content (AvgIpc) is 3.24. The van der Waals surface area contributed by atoms with Gasteiger partial charge in [0.25, 0.3) is 5.91 Å². The lowest BCUT2D eigenvalue weighted by atomic mass is 10.1. The first kappa shape index (κ1) is 18.4. The maximum absolute atomic E-state index is 13.4. The number of hydrogen-bond donors (Lipinski definition) is 0. The summed E-state index contributed by atoms with van der Waals surface area (Å²) in [6.45, 7) is 2.73. The molecule has 7 heteroatoms. The molecule has 1 amide bonds. The first-order valence-electron chi connectivity index (χ1n) is 9.05. The van der Waals surface area contributed by atoms with Crippen LogP contribution in [0.5, 0.6) is 5.75 Å². The number of anilines is 1. The zero-order valence-corrected chi connectivity index (χ0v) is 16.3. The second-order valence-electron chi connectivity index (χ2n) is 6.54. The summed E-state index contributed by atoms with van der Waals surface area (Å²) >= 11 is 1.16. The number of amides is 1. The van der Waals surface area contributed by atoms with Crippen LogP contribution < -0.4 is 9.64 Å². The molecule has 0 N–H and O–H groups in total. The maximum Gasteiger partial charge on any atom is 0.265 e. The van der Waals surface area contributed by atoms with Crippen molar-refractivity contribution in [1.82, 2.24) is 9.27 Å². The van der Waals surface area contributed by atoms with E-state index in [9.17, 15) is 9.18 Å². The molecule has 2 heterocycles. The molecule has 0 bridgehead atoms. The molecule has 2 aromatic carbocycles. The summed E-state index contributed by atoms with van der Waals surface area (Å²) in [5.74, 6) is 0.495. The Labute approximate surface area is 167 Å². The first-order valence-corrected chi connectivity index (χ1v) is 9.83. The molecule has 0 aliphatic carbocycles. The van der Waals surface area contributed by atoms with Crippen molar-refractivity contribution < 1.29 is 13.9 Å². The highest BCUT2D eigenvalue weighted by molar-refractivity contribution is 7.08. The molecule has 1 aliphatic rings. The van der Waals surface area contributed by atoms with Crippen molar-refractivity contribution in [3.63, 3.8) is 0 Å². The third-order valence-electron chi connectivity index (χ3n) is 4.83. The largest absolute Gasteiger partial charge is 0.495 e. The smallest absolute Gasteiger partial charge is 0.265 e. The zero-order chi connectivity index (χ0) is 19.5. The van der Waals surface area contributed by atoms with Crippen LogP contribution in [-0.4, -0.2) is 48.5 Å². The SMILES string of the molecule is COc1ccccc1N1CCN(C(=O)c2cc(-c3cccc(F)c3)ns2)CC1. The summed E-state index contributed by atoms with van der Waals surface area (Å²) < 4.78 is 23.2. The zero-order valence-electron chi connectivity index (χ0n) is 15.5. The lowest BCUT2D eigenvalue weighted by Gasteiger charge is -2.36. The van der Waals surface area contributed by atoms with Crippen LogP contribution in [0, 0.1) is 5.82 Å². The lowest BCUT2D eigenvalue weighted by Crippen LogP contribution is -2.48. The number of benzene rings is 2. The van der Waals surface area contributed by atoms with E-state index in [1.54, 1.807) is 25.3 Å². The first-order chi connectivity index (χ1) is 13.7. The van der Waals surface area contributed by atoms with Gasteiger partial charge in [0.2, 0.25) is 0 Å². The number of aromatic nitrogens is 1. The Morgan fingerprint density at radius 1 is 1.07 bits per heavy atom. The predicted molar refractivity (Wildman–Crippen MR) is 109 cm³/mol. The van der Waals surface area contributed by atoms with E-state index in [1.165, 1.54) is 12.1 Å². The highest BCUT2D eigenvalue weighted by Gasteiger charge is 2.25. The molecule has 0 atom stereocenters. The van der Waals surface area contributed by atoms with Crippen molar-refractivity contribution in [2.45, 2.75) is 0 Å². The van der Waals surface area contributed by atoms with Gasteiger partial charge in [0, 0.05) is 31.7 Å². The molecule has 0 saturated carbocycles. The summed E-state index contributed by atoms with van der Waals surface area (Å²) in [7, 11) is 1.67. The van der Waals surface area contributed by atoms with Gasteiger partial charge in [-0.3, -0.25) is 4.79 Å². The van der Waals surface area contributed by atoms with Crippen molar-refractivity contribution in [3.05, 3.63) is 65.3 Å². The predicted octanol–water partition coefficient (Wildman–Crippen LogP) is 3.92. The summed E-state index contributed by atoms with van der Waals surface area (Å²) in [6.07, 6.45) is 0. The monoisotopic (exact) mass is 397 g/mol. The third kappa shape index (κ3) is 3.71. The Kier molecular flexibility index (Phi) is 5.25. The number of ether oxygens (including phenoxy) is 1. The molecule has 5 nitrogen and oxygen atoms in total. The molecule has 1 saturated heterocycles. The molecule has 0 radical (unpaired) electrons. The van der Waals surface area contributed by atoms with Gasteiger partial charge in [0.1, 0.15) is 16.4 Å². The molecule has 1 aromatic heterocycles. The number of rotatable bonds is 4. The Bertz CT molecular complexity index is 983. The number of para-hydroxylation sites is 2.